The van der Waals surface area contributed by atoms with Crippen molar-refractivity contribution in [3.63, 3.8) is 0 Å². The Morgan fingerprint density at radius 1 is 1.47 bits per heavy atom. The van der Waals surface area contributed by atoms with Crippen LogP contribution >= 0.6 is 0 Å². The number of hydrogen-bond donors (Lipinski definition) is 2. The van der Waals surface area contributed by atoms with Crippen LogP contribution in [0.2, 0.25) is 0 Å². The molecular formula is C14H20N2O. The minimum Gasteiger partial charge on any atom is -0.352 e. The van der Waals surface area contributed by atoms with E-state index in [1.807, 2.05) is 19.1 Å². The number of aryl methyl sites for hydroxylation is 1. The van der Waals surface area contributed by atoms with Crippen molar-refractivity contribution in [1.29, 1.82) is 0 Å². The van der Waals surface area contributed by atoms with E-state index in [0.717, 1.165) is 19.3 Å². The van der Waals surface area contributed by atoms with Gasteiger partial charge in [-0.1, -0.05) is 24.3 Å². The van der Waals surface area contributed by atoms with Gasteiger partial charge in [0.15, 0.2) is 0 Å². The minimum absolute atomic E-state index is 0.00131. The van der Waals surface area contributed by atoms with Crippen molar-refractivity contribution in [2.24, 2.45) is 5.73 Å². The summed E-state index contributed by atoms with van der Waals surface area (Å²) in [7, 11) is 0. The summed E-state index contributed by atoms with van der Waals surface area (Å²) in [6, 6.07) is 8.39. The van der Waals surface area contributed by atoms with Gasteiger partial charge in [-0.3, -0.25) is 4.79 Å². The van der Waals surface area contributed by atoms with Crippen LogP contribution in [0.4, 0.5) is 0 Å². The van der Waals surface area contributed by atoms with E-state index in [9.17, 15) is 4.79 Å². The molecule has 1 unspecified atom stereocenters. The van der Waals surface area contributed by atoms with E-state index in [4.69, 9.17) is 5.73 Å². The summed E-state index contributed by atoms with van der Waals surface area (Å²) >= 11 is 0. The number of nitrogens with one attached hydrogen (secondary N) is 1. The summed E-state index contributed by atoms with van der Waals surface area (Å²) < 4.78 is 0. The Balaban J connectivity index is 1.91. The smallest absolute Gasteiger partial charge is 0.240 e. The van der Waals surface area contributed by atoms with E-state index >= 15 is 0 Å². The molecule has 3 heteroatoms. The molecule has 0 radical (unpaired) electrons. The normalized spacial score (nSPS) is 18.5. The topological polar surface area (TPSA) is 55.1 Å². The molecule has 0 heterocycles. The molecule has 2 rings (SSSR count). The van der Waals surface area contributed by atoms with Crippen LogP contribution in [-0.2, 0) is 11.2 Å². The zero-order chi connectivity index (χ0) is 12.5. The Labute approximate surface area is 102 Å². The first-order chi connectivity index (χ1) is 8.01. The number of carbonyl (C=O) groups excluding carboxylic acids is 1. The molecule has 1 fully saturated rings. The second kappa shape index (κ2) is 4.49. The first kappa shape index (κ1) is 12.1. The number of benzene rings is 1. The van der Waals surface area contributed by atoms with Crippen LogP contribution < -0.4 is 11.1 Å². The maximum absolute atomic E-state index is 11.8. The molecule has 1 atom stereocenters. The van der Waals surface area contributed by atoms with Crippen molar-refractivity contribution >= 4 is 5.91 Å². The average Bonchev–Trinajstić information content (AvgIpc) is 3.01. The van der Waals surface area contributed by atoms with Crippen LogP contribution in [0.3, 0.4) is 0 Å². The van der Waals surface area contributed by atoms with Gasteiger partial charge in [-0.25, -0.2) is 0 Å². The van der Waals surface area contributed by atoms with E-state index in [1.165, 1.54) is 11.1 Å². The molecule has 3 nitrogen and oxygen atoms in total. The number of rotatable bonds is 4. The van der Waals surface area contributed by atoms with Crippen LogP contribution in [0.5, 0.6) is 0 Å². The Hall–Kier alpha value is -1.35. The Kier molecular flexibility index (Phi) is 3.20. The van der Waals surface area contributed by atoms with E-state index in [2.05, 4.69) is 24.4 Å². The van der Waals surface area contributed by atoms with Gasteiger partial charge in [-0.15, -0.1) is 0 Å². The molecule has 1 aromatic rings. The first-order valence-electron chi connectivity index (χ1n) is 6.16. The van der Waals surface area contributed by atoms with Gasteiger partial charge in [0.2, 0.25) is 5.91 Å². The van der Waals surface area contributed by atoms with Crippen molar-refractivity contribution in [2.75, 3.05) is 0 Å². The summed E-state index contributed by atoms with van der Waals surface area (Å²) in [6.45, 7) is 4.12. The fraction of sp³-hybridized carbons (Fsp3) is 0.500. The lowest BCUT2D eigenvalue weighted by Crippen LogP contribution is -2.46. The molecular weight excluding hydrogens is 212 g/mol. The van der Waals surface area contributed by atoms with E-state index in [0.29, 0.717) is 0 Å². The van der Waals surface area contributed by atoms with E-state index in [1.54, 1.807) is 0 Å². The highest BCUT2D eigenvalue weighted by Gasteiger charge is 2.46. The molecule has 17 heavy (non-hydrogen) atoms. The number of carbonyl (C=O) groups is 1. The van der Waals surface area contributed by atoms with Gasteiger partial charge in [0.05, 0.1) is 5.54 Å². The highest BCUT2D eigenvalue weighted by molar-refractivity contribution is 5.89. The third kappa shape index (κ3) is 2.86. The Morgan fingerprint density at radius 2 is 2.12 bits per heavy atom. The van der Waals surface area contributed by atoms with Gasteiger partial charge in [0, 0.05) is 6.04 Å². The lowest BCUT2D eigenvalue weighted by Gasteiger charge is -2.17. The summed E-state index contributed by atoms with van der Waals surface area (Å²) in [6.07, 6.45) is 2.49. The zero-order valence-electron chi connectivity index (χ0n) is 10.5. The van der Waals surface area contributed by atoms with Crippen LogP contribution in [0, 0.1) is 6.92 Å². The van der Waals surface area contributed by atoms with E-state index < -0.39 is 5.54 Å². The second-order valence-corrected chi connectivity index (χ2v) is 5.16. The molecule has 1 saturated carbocycles. The first-order valence-corrected chi connectivity index (χ1v) is 6.16. The molecule has 1 amide bonds. The monoisotopic (exact) mass is 232 g/mol. The second-order valence-electron chi connectivity index (χ2n) is 5.16. The van der Waals surface area contributed by atoms with Gasteiger partial charge in [-0.2, -0.15) is 0 Å². The van der Waals surface area contributed by atoms with Gasteiger partial charge >= 0.3 is 0 Å². The maximum atomic E-state index is 11.8. The summed E-state index contributed by atoms with van der Waals surface area (Å²) in [5, 5.41) is 2.99. The SMILES string of the molecule is Cc1ccccc1CC(C)NC(=O)C1(N)CC1. The lowest BCUT2D eigenvalue weighted by molar-refractivity contribution is -0.123. The van der Waals surface area contributed by atoms with Crippen LogP contribution in [0.1, 0.15) is 30.9 Å². The number of hydrogen-bond acceptors (Lipinski definition) is 2. The molecule has 1 aromatic carbocycles. The standard InChI is InChI=1S/C14H20N2O/c1-10-5-3-4-6-12(10)9-11(2)16-13(17)14(15)7-8-14/h3-6,11H,7-9,15H2,1-2H3,(H,16,17). The van der Waals surface area contributed by atoms with Crippen LogP contribution in [0.15, 0.2) is 24.3 Å². The van der Waals surface area contributed by atoms with E-state index in [-0.39, 0.29) is 11.9 Å². The molecule has 0 spiro atoms. The number of amides is 1. The van der Waals surface area contributed by atoms with Crippen molar-refractivity contribution in [3.8, 4) is 0 Å². The Bertz CT molecular complexity index is 424. The molecule has 92 valence electrons. The fourth-order valence-electron chi connectivity index (χ4n) is 1.95. The maximum Gasteiger partial charge on any atom is 0.240 e. The van der Waals surface area contributed by atoms with Gasteiger partial charge in [0.1, 0.15) is 0 Å². The fourth-order valence-corrected chi connectivity index (χ4v) is 1.95. The van der Waals surface area contributed by atoms with Crippen molar-refractivity contribution in [1.82, 2.24) is 5.32 Å². The average molecular weight is 232 g/mol. The molecule has 0 aliphatic heterocycles. The third-order valence-corrected chi connectivity index (χ3v) is 3.41. The molecule has 0 aromatic heterocycles. The predicted molar refractivity (Wildman–Crippen MR) is 68.6 cm³/mol. The van der Waals surface area contributed by atoms with Crippen molar-refractivity contribution in [2.45, 2.75) is 44.7 Å². The summed E-state index contributed by atoms with van der Waals surface area (Å²) in [5.74, 6) is -0.00131. The summed E-state index contributed by atoms with van der Waals surface area (Å²) in [5.41, 5.74) is 7.83. The van der Waals surface area contributed by atoms with Crippen molar-refractivity contribution in [3.05, 3.63) is 35.4 Å². The van der Waals surface area contributed by atoms with Gasteiger partial charge in [0.25, 0.3) is 0 Å². The van der Waals surface area contributed by atoms with Crippen LogP contribution in [-0.4, -0.2) is 17.5 Å². The van der Waals surface area contributed by atoms with Crippen molar-refractivity contribution < 1.29 is 4.79 Å². The minimum atomic E-state index is -0.569. The molecule has 3 N–H and O–H groups in total. The molecule has 1 aliphatic carbocycles. The van der Waals surface area contributed by atoms with Gasteiger partial charge < -0.3 is 11.1 Å². The zero-order valence-corrected chi connectivity index (χ0v) is 10.5. The van der Waals surface area contributed by atoms with Gasteiger partial charge in [-0.05, 0) is 44.2 Å². The third-order valence-electron chi connectivity index (χ3n) is 3.41. The quantitative estimate of drug-likeness (QED) is 0.827. The highest BCUT2D eigenvalue weighted by atomic mass is 16.2. The largest absolute Gasteiger partial charge is 0.352 e. The molecule has 1 aliphatic rings. The molecule has 0 bridgehead atoms. The summed E-state index contributed by atoms with van der Waals surface area (Å²) in [4.78, 5) is 11.8. The Morgan fingerprint density at radius 3 is 2.71 bits per heavy atom. The highest BCUT2D eigenvalue weighted by Crippen LogP contribution is 2.32. The van der Waals surface area contributed by atoms with Crippen LogP contribution in [0.25, 0.3) is 0 Å². The lowest BCUT2D eigenvalue weighted by atomic mass is 10.0. The number of nitrogens with two attached hydrogens (primary N) is 1. The predicted octanol–water partition coefficient (Wildman–Crippen LogP) is 1.53. The molecule has 0 saturated heterocycles.